The van der Waals surface area contributed by atoms with Gasteiger partial charge in [-0.1, -0.05) is 6.42 Å². The van der Waals surface area contributed by atoms with Gasteiger partial charge in [0.2, 0.25) is 5.91 Å². The molecule has 0 N–H and O–H groups in total. The van der Waals surface area contributed by atoms with Crippen LogP contribution in [0.2, 0.25) is 0 Å². The van der Waals surface area contributed by atoms with Crippen molar-refractivity contribution in [3.63, 3.8) is 0 Å². The van der Waals surface area contributed by atoms with E-state index in [1.165, 1.54) is 19.4 Å². The second kappa shape index (κ2) is 6.53. The molecule has 0 aromatic carbocycles. The SMILES string of the molecule is CN(C)CCCN1CCN(C(=O)C2CCC2)CC1. The van der Waals surface area contributed by atoms with E-state index in [9.17, 15) is 4.79 Å². The van der Waals surface area contributed by atoms with Crippen LogP contribution < -0.4 is 0 Å². The van der Waals surface area contributed by atoms with Gasteiger partial charge in [-0.25, -0.2) is 0 Å². The van der Waals surface area contributed by atoms with Gasteiger partial charge in [0.1, 0.15) is 0 Å². The number of nitrogens with zero attached hydrogens (tertiary/aromatic N) is 3. The second-order valence-electron chi connectivity index (χ2n) is 5.95. The first kappa shape index (κ1) is 13.8. The Morgan fingerprint density at radius 2 is 1.83 bits per heavy atom. The van der Waals surface area contributed by atoms with Crippen LogP contribution in [0.25, 0.3) is 0 Å². The lowest BCUT2D eigenvalue weighted by Gasteiger charge is -2.38. The summed E-state index contributed by atoms with van der Waals surface area (Å²) in [6, 6.07) is 0. The van der Waals surface area contributed by atoms with Crippen LogP contribution >= 0.6 is 0 Å². The molecular weight excluding hydrogens is 226 g/mol. The summed E-state index contributed by atoms with van der Waals surface area (Å²) in [5.74, 6) is 0.791. The largest absolute Gasteiger partial charge is 0.340 e. The van der Waals surface area contributed by atoms with E-state index in [1.807, 2.05) is 0 Å². The zero-order valence-corrected chi connectivity index (χ0v) is 11.9. The van der Waals surface area contributed by atoms with E-state index in [0.29, 0.717) is 11.8 Å². The van der Waals surface area contributed by atoms with Crippen LogP contribution in [-0.2, 0) is 4.79 Å². The number of carbonyl (C=O) groups excluding carboxylic acids is 1. The molecule has 4 heteroatoms. The van der Waals surface area contributed by atoms with Gasteiger partial charge in [-0.15, -0.1) is 0 Å². The van der Waals surface area contributed by atoms with Crippen molar-refractivity contribution in [2.75, 3.05) is 53.4 Å². The van der Waals surface area contributed by atoms with E-state index < -0.39 is 0 Å². The highest BCUT2D eigenvalue weighted by Gasteiger charge is 2.30. The maximum absolute atomic E-state index is 12.1. The summed E-state index contributed by atoms with van der Waals surface area (Å²) in [4.78, 5) is 18.9. The standard InChI is InChI=1S/C14H27N3O/c1-15(2)7-4-8-16-9-11-17(12-10-16)14(18)13-5-3-6-13/h13H,3-12H2,1-2H3. The predicted molar refractivity (Wildman–Crippen MR) is 73.5 cm³/mol. The number of carbonyl (C=O) groups is 1. The lowest BCUT2D eigenvalue weighted by Crippen LogP contribution is -2.51. The summed E-state index contributed by atoms with van der Waals surface area (Å²) >= 11 is 0. The highest BCUT2D eigenvalue weighted by Crippen LogP contribution is 2.28. The third-order valence-corrected chi connectivity index (χ3v) is 4.22. The molecule has 4 nitrogen and oxygen atoms in total. The Morgan fingerprint density at radius 3 is 2.33 bits per heavy atom. The molecule has 1 aliphatic heterocycles. The molecule has 0 spiro atoms. The molecule has 0 radical (unpaired) electrons. The Hall–Kier alpha value is -0.610. The number of amides is 1. The first-order chi connectivity index (χ1) is 8.66. The number of hydrogen-bond acceptors (Lipinski definition) is 3. The summed E-state index contributed by atoms with van der Waals surface area (Å²) in [5.41, 5.74) is 0. The highest BCUT2D eigenvalue weighted by molar-refractivity contribution is 5.79. The third kappa shape index (κ3) is 3.69. The molecule has 0 unspecified atom stereocenters. The monoisotopic (exact) mass is 253 g/mol. The van der Waals surface area contributed by atoms with Crippen LogP contribution in [0.1, 0.15) is 25.7 Å². The van der Waals surface area contributed by atoms with Crippen molar-refractivity contribution in [1.82, 2.24) is 14.7 Å². The van der Waals surface area contributed by atoms with Crippen molar-refractivity contribution < 1.29 is 4.79 Å². The summed E-state index contributed by atoms with van der Waals surface area (Å²) in [7, 11) is 4.24. The number of rotatable bonds is 5. The van der Waals surface area contributed by atoms with Crippen molar-refractivity contribution >= 4 is 5.91 Å². The summed E-state index contributed by atoms with van der Waals surface area (Å²) in [6.07, 6.45) is 4.73. The molecular formula is C14H27N3O. The Bertz CT molecular complexity index is 268. The van der Waals surface area contributed by atoms with Gasteiger partial charge in [0, 0.05) is 32.1 Å². The van der Waals surface area contributed by atoms with E-state index in [4.69, 9.17) is 0 Å². The van der Waals surface area contributed by atoms with Gasteiger partial charge >= 0.3 is 0 Å². The summed E-state index contributed by atoms with van der Waals surface area (Å²) in [6.45, 7) is 6.33. The Labute approximate surface area is 111 Å². The highest BCUT2D eigenvalue weighted by atomic mass is 16.2. The van der Waals surface area contributed by atoms with E-state index in [2.05, 4.69) is 28.8 Å². The molecule has 0 atom stereocenters. The molecule has 1 heterocycles. The molecule has 0 aromatic heterocycles. The van der Waals surface area contributed by atoms with Crippen molar-refractivity contribution in [3.8, 4) is 0 Å². The molecule has 0 aromatic rings. The third-order valence-electron chi connectivity index (χ3n) is 4.22. The van der Waals surface area contributed by atoms with Gasteiger partial charge in [0.05, 0.1) is 0 Å². The predicted octanol–water partition coefficient (Wildman–Crippen LogP) is 0.882. The van der Waals surface area contributed by atoms with Crippen LogP contribution in [0.4, 0.5) is 0 Å². The van der Waals surface area contributed by atoms with Gasteiger partial charge in [0.25, 0.3) is 0 Å². The topological polar surface area (TPSA) is 26.8 Å². The maximum atomic E-state index is 12.1. The minimum absolute atomic E-state index is 0.366. The smallest absolute Gasteiger partial charge is 0.225 e. The van der Waals surface area contributed by atoms with E-state index in [-0.39, 0.29) is 0 Å². The molecule has 18 heavy (non-hydrogen) atoms. The molecule has 2 fully saturated rings. The van der Waals surface area contributed by atoms with Crippen LogP contribution in [0.5, 0.6) is 0 Å². The fraction of sp³-hybridized carbons (Fsp3) is 0.929. The maximum Gasteiger partial charge on any atom is 0.225 e. The number of hydrogen-bond donors (Lipinski definition) is 0. The average molecular weight is 253 g/mol. The van der Waals surface area contributed by atoms with Crippen molar-refractivity contribution in [3.05, 3.63) is 0 Å². The molecule has 1 saturated heterocycles. The van der Waals surface area contributed by atoms with Gasteiger partial charge in [0.15, 0.2) is 0 Å². The molecule has 1 aliphatic carbocycles. The molecule has 1 amide bonds. The first-order valence-electron chi connectivity index (χ1n) is 7.32. The zero-order chi connectivity index (χ0) is 13.0. The van der Waals surface area contributed by atoms with Crippen LogP contribution in [0.15, 0.2) is 0 Å². The van der Waals surface area contributed by atoms with Gasteiger partial charge in [-0.2, -0.15) is 0 Å². The first-order valence-corrected chi connectivity index (χ1v) is 7.32. The van der Waals surface area contributed by atoms with Crippen LogP contribution in [0, 0.1) is 5.92 Å². The normalized spacial score (nSPS) is 22.3. The van der Waals surface area contributed by atoms with Gasteiger partial charge < -0.3 is 9.80 Å². The lowest BCUT2D eigenvalue weighted by atomic mass is 9.84. The van der Waals surface area contributed by atoms with E-state index >= 15 is 0 Å². The molecule has 2 aliphatic rings. The fourth-order valence-electron chi connectivity index (χ4n) is 2.72. The van der Waals surface area contributed by atoms with Gasteiger partial charge in [-0.05, 0) is 46.4 Å². The van der Waals surface area contributed by atoms with Crippen molar-refractivity contribution in [2.45, 2.75) is 25.7 Å². The van der Waals surface area contributed by atoms with E-state index in [1.54, 1.807) is 0 Å². The molecule has 104 valence electrons. The molecule has 1 saturated carbocycles. The zero-order valence-electron chi connectivity index (χ0n) is 11.9. The summed E-state index contributed by atoms with van der Waals surface area (Å²) in [5, 5.41) is 0. The van der Waals surface area contributed by atoms with Crippen molar-refractivity contribution in [1.29, 1.82) is 0 Å². The quantitative estimate of drug-likeness (QED) is 0.728. The fourth-order valence-corrected chi connectivity index (χ4v) is 2.72. The van der Waals surface area contributed by atoms with Gasteiger partial charge in [-0.3, -0.25) is 9.69 Å². The average Bonchev–Trinajstić information content (AvgIpc) is 2.27. The Kier molecular flexibility index (Phi) is 5.01. The second-order valence-corrected chi connectivity index (χ2v) is 5.95. The van der Waals surface area contributed by atoms with E-state index in [0.717, 1.165) is 45.6 Å². The van der Waals surface area contributed by atoms with Crippen LogP contribution in [0.3, 0.4) is 0 Å². The lowest BCUT2D eigenvalue weighted by molar-refractivity contribution is -0.139. The Morgan fingerprint density at radius 1 is 1.17 bits per heavy atom. The Balaban J connectivity index is 1.63. The minimum atomic E-state index is 0.366. The molecule has 2 rings (SSSR count). The summed E-state index contributed by atoms with van der Waals surface area (Å²) < 4.78 is 0. The van der Waals surface area contributed by atoms with Crippen LogP contribution in [-0.4, -0.2) is 74.0 Å². The van der Waals surface area contributed by atoms with Crippen molar-refractivity contribution in [2.24, 2.45) is 5.92 Å². The minimum Gasteiger partial charge on any atom is -0.340 e. The molecule has 0 bridgehead atoms. The number of piperazine rings is 1.